The van der Waals surface area contributed by atoms with Crippen molar-refractivity contribution < 1.29 is 19.1 Å². The molecule has 2 N–H and O–H groups in total. The summed E-state index contributed by atoms with van der Waals surface area (Å²) in [6.45, 7) is 7.45. The lowest BCUT2D eigenvalue weighted by atomic mass is 9.98. The molecule has 0 spiro atoms. The Morgan fingerprint density at radius 3 is 2.88 bits per heavy atom. The number of carboxylic acids is 1. The van der Waals surface area contributed by atoms with Gasteiger partial charge in [0, 0.05) is 24.2 Å². The van der Waals surface area contributed by atoms with Crippen LogP contribution in [0, 0.1) is 13.8 Å². The Balaban J connectivity index is 1.39. The Bertz CT molecular complexity index is 1120. The van der Waals surface area contributed by atoms with E-state index in [9.17, 15) is 4.79 Å². The number of anilines is 1. The van der Waals surface area contributed by atoms with Gasteiger partial charge in [-0.3, -0.25) is 4.79 Å². The third-order valence-electron chi connectivity index (χ3n) is 6.09. The number of benzene rings is 2. The van der Waals surface area contributed by atoms with Crippen LogP contribution in [0.15, 0.2) is 40.8 Å². The average molecular weight is 435 g/mol. The second kappa shape index (κ2) is 9.47. The van der Waals surface area contributed by atoms with E-state index in [1.54, 1.807) is 0 Å². The van der Waals surface area contributed by atoms with Gasteiger partial charge in [-0.2, -0.15) is 0 Å². The molecule has 0 unspecified atom stereocenters. The molecule has 0 saturated heterocycles. The van der Waals surface area contributed by atoms with Gasteiger partial charge < -0.3 is 19.6 Å². The number of hydrogen-bond donors (Lipinski definition) is 2. The van der Waals surface area contributed by atoms with Crippen LogP contribution in [0.25, 0.3) is 11.5 Å². The summed E-state index contributed by atoms with van der Waals surface area (Å²) in [4.78, 5) is 15.8. The molecular formula is C26H30N2O4. The van der Waals surface area contributed by atoms with Crippen LogP contribution in [0.1, 0.15) is 53.8 Å². The van der Waals surface area contributed by atoms with Crippen molar-refractivity contribution in [3.05, 3.63) is 64.5 Å². The van der Waals surface area contributed by atoms with Crippen molar-refractivity contribution in [3.8, 4) is 17.2 Å². The van der Waals surface area contributed by atoms with E-state index in [2.05, 4.69) is 31.3 Å². The maximum atomic E-state index is 11.0. The molecule has 0 amide bonds. The largest absolute Gasteiger partial charge is 0.493 e. The van der Waals surface area contributed by atoms with E-state index in [0.717, 1.165) is 53.4 Å². The van der Waals surface area contributed by atoms with Gasteiger partial charge in [0.15, 0.2) is 0 Å². The molecule has 1 atom stereocenters. The van der Waals surface area contributed by atoms with Crippen LogP contribution in [0.5, 0.6) is 5.75 Å². The number of nitrogens with zero attached hydrogens (tertiary/aromatic N) is 1. The second-order valence-electron chi connectivity index (χ2n) is 8.37. The fraction of sp³-hybridized carbons (Fsp3) is 0.385. The van der Waals surface area contributed by atoms with Crippen LogP contribution in [0.4, 0.5) is 5.69 Å². The van der Waals surface area contributed by atoms with E-state index >= 15 is 0 Å². The number of carboxylic acid groups (broad SMARTS) is 1. The standard InChI is InChI=1S/C26H30N2O4/c1-4-27-24-14-20(6-5-16(24)2)26-28-23(17(3)32-26)11-12-31-21-9-10-22-18(13-21)7-8-19(22)15-25(29)30/h5-6,9-10,13-14,19,27H,4,7-8,11-12,15H2,1-3H3,(H,29,30)/t19-/m0/s1. The lowest BCUT2D eigenvalue weighted by Crippen LogP contribution is -2.04. The van der Waals surface area contributed by atoms with Crippen LogP contribution in [-0.2, 0) is 17.6 Å². The van der Waals surface area contributed by atoms with Gasteiger partial charge in [-0.05, 0) is 80.5 Å². The van der Waals surface area contributed by atoms with Crippen molar-refractivity contribution in [2.24, 2.45) is 0 Å². The summed E-state index contributed by atoms with van der Waals surface area (Å²) >= 11 is 0. The molecule has 3 aromatic rings. The molecule has 1 heterocycles. The number of aryl methyl sites for hydroxylation is 3. The summed E-state index contributed by atoms with van der Waals surface area (Å²) < 4.78 is 11.9. The Labute approximate surface area is 188 Å². The molecule has 1 aliphatic carbocycles. The van der Waals surface area contributed by atoms with E-state index < -0.39 is 5.97 Å². The topological polar surface area (TPSA) is 84.6 Å². The number of rotatable bonds is 9. The number of oxazole rings is 1. The number of ether oxygens (including phenoxy) is 1. The van der Waals surface area contributed by atoms with Gasteiger partial charge in [-0.15, -0.1) is 0 Å². The zero-order valence-electron chi connectivity index (χ0n) is 18.9. The maximum Gasteiger partial charge on any atom is 0.303 e. The lowest BCUT2D eigenvalue weighted by Gasteiger charge is -2.10. The molecule has 168 valence electrons. The van der Waals surface area contributed by atoms with Gasteiger partial charge in [0.1, 0.15) is 11.5 Å². The fourth-order valence-electron chi connectivity index (χ4n) is 4.38. The summed E-state index contributed by atoms with van der Waals surface area (Å²) in [5, 5.41) is 12.5. The summed E-state index contributed by atoms with van der Waals surface area (Å²) in [5.74, 6) is 1.62. The van der Waals surface area contributed by atoms with Crippen LogP contribution in [0.2, 0.25) is 0 Å². The summed E-state index contributed by atoms with van der Waals surface area (Å²) in [6.07, 6.45) is 2.64. The van der Waals surface area contributed by atoms with Gasteiger partial charge in [-0.25, -0.2) is 4.98 Å². The first-order valence-corrected chi connectivity index (χ1v) is 11.2. The predicted octanol–water partition coefficient (Wildman–Crippen LogP) is 5.52. The Morgan fingerprint density at radius 2 is 2.09 bits per heavy atom. The molecule has 0 aliphatic heterocycles. The zero-order valence-corrected chi connectivity index (χ0v) is 18.9. The van der Waals surface area contributed by atoms with E-state index in [1.165, 1.54) is 11.1 Å². The lowest BCUT2D eigenvalue weighted by molar-refractivity contribution is -0.137. The van der Waals surface area contributed by atoms with Crippen molar-refractivity contribution in [1.29, 1.82) is 0 Å². The van der Waals surface area contributed by atoms with Crippen molar-refractivity contribution in [2.75, 3.05) is 18.5 Å². The summed E-state index contributed by atoms with van der Waals surface area (Å²) in [6, 6.07) is 12.2. The molecule has 1 aromatic heterocycles. The first-order valence-electron chi connectivity index (χ1n) is 11.2. The Hall–Kier alpha value is -3.28. The molecule has 2 aromatic carbocycles. The second-order valence-corrected chi connectivity index (χ2v) is 8.37. The third-order valence-corrected chi connectivity index (χ3v) is 6.09. The molecule has 32 heavy (non-hydrogen) atoms. The Kier molecular flexibility index (Phi) is 6.49. The van der Waals surface area contributed by atoms with Gasteiger partial charge >= 0.3 is 5.97 Å². The number of aliphatic carboxylic acids is 1. The van der Waals surface area contributed by atoms with Crippen molar-refractivity contribution >= 4 is 11.7 Å². The monoisotopic (exact) mass is 434 g/mol. The highest BCUT2D eigenvalue weighted by atomic mass is 16.5. The molecular weight excluding hydrogens is 404 g/mol. The van der Waals surface area contributed by atoms with Gasteiger partial charge in [0.05, 0.1) is 18.7 Å². The van der Waals surface area contributed by atoms with Crippen LogP contribution >= 0.6 is 0 Å². The highest BCUT2D eigenvalue weighted by molar-refractivity contribution is 5.68. The van der Waals surface area contributed by atoms with E-state index in [1.807, 2.05) is 31.2 Å². The number of nitrogens with one attached hydrogen (secondary N) is 1. The number of carbonyl (C=O) groups is 1. The number of fused-ring (bicyclic) bond motifs is 1. The van der Waals surface area contributed by atoms with Gasteiger partial charge in [0.25, 0.3) is 0 Å². The van der Waals surface area contributed by atoms with Crippen molar-refractivity contribution in [2.45, 2.75) is 52.4 Å². The van der Waals surface area contributed by atoms with Crippen LogP contribution in [0.3, 0.4) is 0 Å². The van der Waals surface area contributed by atoms with Crippen LogP contribution < -0.4 is 10.1 Å². The van der Waals surface area contributed by atoms with Gasteiger partial charge in [-0.1, -0.05) is 12.1 Å². The molecule has 0 radical (unpaired) electrons. The van der Waals surface area contributed by atoms with E-state index in [-0.39, 0.29) is 12.3 Å². The Morgan fingerprint density at radius 1 is 1.25 bits per heavy atom. The first-order chi connectivity index (χ1) is 15.4. The maximum absolute atomic E-state index is 11.0. The zero-order chi connectivity index (χ0) is 22.7. The summed E-state index contributed by atoms with van der Waals surface area (Å²) in [7, 11) is 0. The molecule has 0 bridgehead atoms. The molecule has 4 rings (SSSR count). The number of hydrogen-bond acceptors (Lipinski definition) is 5. The third kappa shape index (κ3) is 4.79. The average Bonchev–Trinajstić information content (AvgIpc) is 3.32. The summed E-state index contributed by atoms with van der Waals surface area (Å²) in [5.41, 5.74) is 6.48. The molecule has 1 aliphatic rings. The molecule has 0 saturated carbocycles. The van der Waals surface area contributed by atoms with Crippen LogP contribution in [-0.4, -0.2) is 29.2 Å². The highest BCUT2D eigenvalue weighted by Crippen LogP contribution is 2.37. The minimum absolute atomic E-state index is 0.113. The minimum Gasteiger partial charge on any atom is -0.493 e. The SMILES string of the molecule is CCNc1cc(-c2nc(CCOc3ccc4c(c3)CC[C@H]4CC(=O)O)c(C)o2)ccc1C. The van der Waals surface area contributed by atoms with E-state index in [0.29, 0.717) is 18.9 Å². The molecule has 6 heteroatoms. The van der Waals surface area contributed by atoms with Crippen molar-refractivity contribution in [3.63, 3.8) is 0 Å². The quantitative estimate of drug-likeness (QED) is 0.462. The normalized spacial score (nSPS) is 14.9. The first kappa shape index (κ1) is 21.9. The molecule has 6 nitrogen and oxygen atoms in total. The fourth-order valence-corrected chi connectivity index (χ4v) is 4.38. The van der Waals surface area contributed by atoms with Gasteiger partial charge in [0.2, 0.25) is 5.89 Å². The molecule has 0 fully saturated rings. The smallest absolute Gasteiger partial charge is 0.303 e. The van der Waals surface area contributed by atoms with E-state index in [4.69, 9.17) is 19.2 Å². The van der Waals surface area contributed by atoms with Crippen molar-refractivity contribution in [1.82, 2.24) is 4.98 Å². The number of aromatic nitrogens is 1. The highest BCUT2D eigenvalue weighted by Gasteiger charge is 2.25. The predicted molar refractivity (Wildman–Crippen MR) is 125 cm³/mol. The minimum atomic E-state index is -0.742.